The van der Waals surface area contributed by atoms with Crippen molar-refractivity contribution in [2.75, 3.05) is 19.7 Å². The van der Waals surface area contributed by atoms with Crippen LogP contribution in [0.5, 0.6) is 0 Å². The van der Waals surface area contributed by atoms with Crippen molar-refractivity contribution >= 4 is 18.0 Å². The van der Waals surface area contributed by atoms with Crippen LogP contribution in [0, 0.1) is 5.92 Å². The summed E-state index contributed by atoms with van der Waals surface area (Å²) in [5.41, 5.74) is 7.07. The van der Waals surface area contributed by atoms with E-state index >= 15 is 0 Å². The maximum absolute atomic E-state index is 14.2. The normalized spacial score (nSPS) is 20.0. The van der Waals surface area contributed by atoms with E-state index in [4.69, 9.17) is 15.2 Å². The third-order valence-electron chi connectivity index (χ3n) is 11.0. The molecule has 0 bridgehead atoms. The van der Waals surface area contributed by atoms with Crippen molar-refractivity contribution in [3.63, 3.8) is 0 Å². The van der Waals surface area contributed by atoms with Crippen LogP contribution < -0.4 is 11.1 Å². The van der Waals surface area contributed by atoms with Crippen molar-refractivity contribution in [3.8, 4) is 0 Å². The molecule has 0 unspecified atom stereocenters. The third-order valence-corrected chi connectivity index (χ3v) is 11.0. The molecule has 57 heavy (non-hydrogen) atoms. The molecule has 1 saturated heterocycles. The fourth-order valence-electron chi connectivity index (χ4n) is 7.58. The van der Waals surface area contributed by atoms with Crippen molar-refractivity contribution in [3.05, 3.63) is 35.9 Å². The lowest BCUT2D eigenvalue weighted by Gasteiger charge is -2.49. The predicted octanol–water partition coefficient (Wildman–Crippen LogP) is 8.19. The van der Waals surface area contributed by atoms with Crippen LogP contribution in [0.2, 0.25) is 0 Å². The largest absolute Gasteiger partial charge is 0.444 e. The standard InChI is InChI=1S/C45H80N4O8/c1-5-7-9-11-13-15-17-19-21-26-30-47-44(54)48(31-27-22-20-18-16-14-12-10-8-6-2)43-39(41(52)40(51)38(33-50)57-43)49(42(53)37(46)32-35(3)4)45(55)56-34-36-28-24-23-25-29-36/h23-25,28-29,35,37-41,43,50-52H,5-22,26-27,30-34,46H2,1-4H3,(H,47,54)/t37-,38+,39+,40+,41+,43+/m0/s1. The van der Waals surface area contributed by atoms with Crippen molar-refractivity contribution in [2.45, 2.75) is 206 Å². The van der Waals surface area contributed by atoms with E-state index in [0.717, 1.165) is 56.3 Å². The first-order valence-electron chi connectivity index (χ1n) is 22.5. The van der Waals surface area contributed by atoms with Gasteiger partial charge in [-0.1, -0.05) is 174 Å². The van der Waals surface area contributed by atoms with Gasteiger partial charge in [-0.15, -0.1) is 0 Å². The minimum atomic E-state index is -1.79. The first kappa shape index (κ1) is 50.4. The minimum absolute atomic E-state index is 0.00300. The Labute approximate surface area is 344 Å². The number of aliphatic hydroxyl groups excluding tert-OH is 3. The second-order valence-corrected chi connectivity index (χ2v) is 16.5. The molecule has 1 aliphatic heterocycles. The Morgan fingerprint density at radius 2 is 1.28 bits per heavy atom. The van der Waals surface area contributed by atoms with Gasteiger partial charge in [-0.25, -0.2) is 14.5 Å². The average Bonchev–Trinajstić information content (AvgIpc) is 3.20. The van der Waals surface area contributed by atoms with Crippen LogP contribution in [0.1, 0.15) is 168 Å². The molecule has 2 rings (SSSR count). The molecule has 0 spiro atoms. The molecule has 1 heterocycles. The van der Waals surface area contributed by atoms with Crippen LogP contribution in [0.4, 0.5) is 9.59 Å². The number of rotatable bonds is 30. The molecule has 6 atom stereocenters. The van der Waals surface area contributed by atoms with E-state index in [1.54, 1.807) is 24.3 Å². The first-order chi connectivity index (χ1) is 27.6. The molecule has 0 aromatic heterocycles. The number of urea groups is 1. The van der Waals surface area contributed by atoms with Crippen molar-refractivity contribution in [2.24, 2.45) is 11.7 Å². The Morgan fingerprint density at radius 1 is 0.772 bits per heavy atom. The number of carbonyl (C=O) groups is 3. The van der Waals surface area contributed by atoms with E-state index in [9.17, 15) is 29.7 Å². The molecule has 1 aromatic carbocycles. The summed E-state index contributed by atoms with van der Waals surface area (Å²) in [6.45, 7) is 8.02. The van der Waals surface area contributed by atoms with Crippen molar-refractivity contribution in [1.82, 2.24) is 15.1 Å². The second kappa shape index (κ2) is 30.3. The molecule has 0 radical (unpaired) electrons. The molecule has 12 nitrogen and oxygen atoms in total. The minimum Gasteiger partial charge on any atom is -0.444 e. The maximum atomic E-state index is 14.2. The van der Waals surface area contributed by atoms with Gasteiger partial charge in [0.15, 0.2) is 6.23 Å². The van der Waals surface area contributed by atoms with Gasteiger partial charge in [0.05, 0.1) is 12.6 Å². The maximum Gasteiger partial charge on any atom is 0.417 e. The molecule has 0 saturated carbocycles. The summed E-state index contributed by atoms with van der Waals surface area (Å²) in [6, 6.07) is 5.76. The SMILES string of the molecule is CCCCCCCCCCCCNC(=O)N(CCCCCCCCCCCC)[C@@H]1O[C@H](CO)[C@@H](O)[C@H](O)[C@H]1N(C(=O)OCc1ccccc1)C(=O)[C@@H](N)CC(C)C. The van der Waals surface area contributed by atoms with Crippen LogP contribution in [0.3, 0.4) is 0 Å². The first-order valence-corrected chi connectivity index (χ1v) is 22.5. The molecule has 12 heteroatoms. The van der Waals surface area contributed by atoms with Gasteiger partial charge in [0, 0.05) is 13.1 Å². The monoisotopic (exact) mass is 805 g/mol. The molecular formula is C45H80N4O8. The van der Waals surface area contributed by atoms with Crippen molar-refractivity contribution in [1.29, 1.82) is 0 Å². The molecular weight excluding hydrogens is 725 g/mol. The summed E-state index contributed by atoms with van der Waals surface area (Å²) >= 11 is 0. The average molecular weight is 805 g/mol. The number of ether oxygens (including phenoxy) is 2. The van der Waals surface area contributed by atoms with Gasteiger partial charge in [-0.3, -0.25) is 9.69 Å². The number of hydrogen-bond acceptors (Lipinski definition) is 9. The number of hydrogen-bond donors (Lipinski definition) is 5. The summed E-state index contributed by atoms with van der Waals surface area (Å²) in [7, 11) is 0. The highest BCUT2D eigenvalue weighted by atomic mass is 16.6. The van der Waals surface area contributed by atoms with Gasteiger partial charge in [0.25, 0.3) is 0 Å². The Hall–Kier alpha value is -2.77. The highest BCUT2D eigenvalue weighted by Crippen LogP contribution is 2.30. The van der Waals surface area contributed by atoms with E-state index in [2.05, 4.69) is 19.2 Å². The number of aliphatic hydroxyl groups is 3. The zero-order chi connectivity index (χ0) is 41.8. The number of unbranched alkanes of at least 4 members (excludes halogenated alkanes) is 18. The molecule has 1 aliphatic rings. The quantitative estimate of drug-likeness (QED) is 0.0481. The van der Waals surface area contributed by atoms with Crippen LogP contribution in [-0.2, 0) is 20.9 Å². The van der Waals surface area contributed by atoms with E-state index in [1.165, 1.54) is 75.5 Å². The lowest BCUT2D eigenvalue weighted by molar-refractivity contribution is -0.238. The zero-order valence-electron chi connectivity index (χ0n) is 36.0. The lowest BCUT2D eigenvalue weighted by atomic mass is 9.93. The van der Waals surface area contributed by atoms with Gasteiger partial charge < -0.3 is 35.8 Å². The van der Waals surface area contributed by atoms with E-state index in [-0.39, 0.29) is 25.5 Å². The Kier molecular flexibility index (Phi) is 26.8. The van der Waals surface area contributed by atoms with E-state index in [1.807, 2.05) is 19.9 Å². The summed E-state index contributed by atoms with van der Waals surface area (Å²) < 4.78 is 11.9. The summed E-state index contributed by atoms with van der Waals surface area (Å²) in [6.07, 6.45) is 15.4. The predicted molar refractivity (Wildman–Crippen MR) is 226 cm³/mol. The summed E-state index contributed by atoms with van der Waals surface area (Å²) in [5.74, 6) is -0.818. The zero-order valence-corrected chi connectivity index (χ0v) is 36.0. The van der Waals surface area contributed by atoms with Crippen LogP contribution in [0.15, 0.2) is 30.3 Å². The lowest BCUT2D eigenvalue weighted by Crippen LogP contribution is -2.72. The van der Waals surface area contributed by atoms with Gasteiger partial charge in [-0.2, -0.15) is 0 Å². The molecule has 328 valence electrons. The molecule has 0 aliphatic carbocycles. The number of benzene rings is 1. The number of amides is 4. The van der Waals surface area contributed by atoms with Crippen LogP contribution in [-0.4, -0.2) is 99.5 Å². The Balaban J connectivity index is 2.32. The number of imide groups is 1. The fourth-order valence-corrected chi connectivity index (χ4v) is 7.58. The topological polar surface area (TPSA) is 175 Å². The van der Waals surface area contributed by atoms with Crippen LogP contribution >= 0.6 is 0 Å². The Bertz CT molecular complexity index is 1210. The van der Waals surface area contributed by atoms with Gasteiger partial charge in [0.2, 0.25) is 5.91 Å². The summed E-state index contributed by atoms with van der Waals surface area (Å²) in [4.78, 5) is 44.5. The summed E-state index contributed by atoms with van der Waals surface area (Å²) in [5, 5.41) is 36.1. The molecule has 1 fully saturated rings. The fraction of sp³-hybridized carbons (Fsp3) is 0.800. The number of nitrogens with zero attached hydrogens (tertiary/aromatic N) is 2. The highest BCUT2D eigenvalue weighted by Gasteiger charge is 2.53. The molecule has 4 amide bonds. The van der Waals surface area contributed by atoms with Gasteiger partial charge in [-0.05, 0) is 30.7 Å². The van der Waals surface area contributed by atoms with Gasteiger partial charge >= 0.3 is 12.1 Å². The smallest absolute Gasteiger partial charge is 0.417 e. The van der Waals surface area contributed by atoms with Crippen LogP contribution in [0.25, 0.3) is 0 Å². The number of carbonyl (C=O) groups excluding carboxylic acids is 3. The van der Waals surface area contributed by atoms with Gasteiger partial charge in [0.1, 0.15) is 31.0 Å². The highest BCUT2D eigenvalue weighted by molar-refractivity contribution is 5.95. The van der Waals surface area contributed by atoms with E-state index in [0.29, 0.717) is 18.5 Å². The third kappa shape index (κ3) is 19.2. The van der Waals surface area contributed by atoms with Crippen molar-refractivity contribution < 1.29 is 39.2 Å². The second-order valence-electron chi connectivity index (χ2n) is 16.5. The Morgan fingerprint density at radius 3 is 1.79 bits per heavy atom. The molecule has 1 aromatic rings. The number of nitrogens with two attached hydrogens (primary N) is 1. The molecule has 6 N–H and O–H groups in total. The van der Waals surface area contributed by atoms with E-state index < -0.39 is 61.3 Å². The number of nitrogens with one attached hydrogen (secondary N) is 1.